The molecule has 1 aromatic rings. The number of carbonyl (C=O) groups excluding carboxylic acids is 3. The van der Waals surface area contributed by atoms with Gasteiger partial charge < -0.3 is 19.9 Å². The molecule has 5 fully saturated rings. The maximum absolute atomic E-state index is 13.9. The average Bonchev–Trinajstić information content (AvgIpc) is 3.16. The van der Waals surface area contributed by atoms with E-state index < -0.39 is 29.2 Å². The number of pyridine rings is 1. The van der Waals surface area contributed by atoms with Crippen molar-refractivity contribution in [3.05, 3.63) is 30.1 Å². The van der Waals surface area contributed by atoms with Gasteiger partial charge in [0.2, 0.25) is 5.91 Å². The average molecular weight is 525 g/mol. The van der Waals surface area contributed by atoms with Crippen LogP contribution in [0.4, 0.5) is 0 Å². The molecule has 1 amide bonds. The number of nitrogens with zero attached hydrogens (tertiary/aromatic N) is 1. The van der Waals surface area contributed by atoms with Gasteiger partial charge in [-0.05, 0) is 50.7 Å². The van der Waals surface area contributed by atoms with Crippen LogP contribution in [-0.4, -0.2) is 57.7 Å². The second-order valence-electron chi connectivity index (χ2n) is 13.5. The molecule has 1 aromatic heterocycles. The Morgan fingerprint density at radius 2 is 1.95 bits per heavy atom. The molecule has 11 unspecified atom stereocenters. The van der Waals surface area contributed by atoms with Gasteiger partial charge in [0.05, 0.1) is 23.4 Å². The summed E-state index contributed by atoms with van der Waals surface area (Å²) in [5.41, 5.74) is -1.52. The van der Waals surface area contributed by atoms with Crippen LogP contribution in [0.1, 0.15) is 77.1 Å². The summed E-state index contributed by atoms with van der Waals surface area (Å²) >= 11 is 0. The lowest BCUT2D eigenvalue weighted by molar-refractivity contribution is -0.329. The lowest BCUT2D eigenvalue weighted by Crippen LogP contribution is -2.74. The van der Waals surface area contributed by atoms with Crippen LogP contribution in [0.15, 0.2) is 24.5 Å². The second kappa shape index (κ2) is 8.59. The minimum atomic E-state index is -0.944. The van der Waals surface area contributed by atoms with E-state index in [9.17, 15) is 19.5 Å². The number of hydrogen-bond donors (Lipinski definition) is 2. The molecule has 1 spiro atoms. The number of hydrogen-bond acceptors (Lipinski definition) is 7. The van der Waals surface area contributed by atoms with Crippen LogP contribution in [0.3, 0.4) is 0 Å². The van der Waals surface area contributed by atoms with E-state index in [1.807, 2.05) is 20.8 Å². The second-order valence-corrected chi connectivity index (χ2v) is 13.5. The third-order valence-corrected chi connectivity index (χ3v) is 11.5. The molecule has 206 valence electrons. The summed E-state index contributed by atoms with van der Waals surface area (Å²) in [6.45, 7) is 10.5. The van der Waals surface area contributed by atoms with Crippen LogP contribution in [0.25, 0.3) is 0 Å². The van der Waals surface area contributed by atoms with Crippen molar-refractivity contribution in [2.24, 2.45) is 40.4 Å². The number of ketones is 1. The molecule has 0 aromatic carbocycles. The fourth-order valence-electron chi connectivity index (χ4n) is 9.29. The molecule has 3 heterocycles. The number of rotatable bonds is 2. The normalized spacial score (nSPS) is 47.2. The first-order valence-corrected chi connectivity index (χ1v) is 14.2. The number of Topliss-reactive ketones (excluding diaryl/α,β-unsaturated/α-hetero) is 1. The number of nitrogens with one attached hydrogen (secondary N) is 1. The van der Waals surface area contributed by atoms with Crippen molar-refractivity contribution in [1.29, 1.82) is 0 Å². The lowest BCUT2D eigenvalue weighted by Gasteiger charge is -2.70. The van der Waals surface area contributed by atoms with Crippen LogP contribution in [0.2, 0.25) is 0 Å². The predicted octanol–water partition coefficient (Wildman–Crippen LogP) is 3.32. The fraction of sp³-hybridized carbons (Fsp3) is 0.733. The Morgan fingerprint density at radius 1 is 1.18 bits per heavy atom. The molecular formula is C30H40N2O6. The van der Waals surface area contributed by atoms with Gasteiger partial charge in [0.15, 0.2) is 11.9 Å². The maximum Gasteiger partial charge on any atom is 0.340 e. The number of aliphatic hydroxyl groups excluding tert-OH is 1. The summed E-state index contributed by atoms with van der Waals surface area (Å²) < 4.78 is 13.3. The fourth-order valence-corrected chi connectivity index (χ4v) is 9.29. The molecule has 2 saturated heterocycles. The number of carbonyl (C=O) groups is 3. The summed E-state index contributed by atoms with van der Waals surface area (Å²) in [5, 5.41) is 14.4. The molecule has 3 saturated carbocycles. The monoisotopic (exact) mass is 524 g/mol. The van der Waals surface area contributed by atoms with Gasteiger partial charge in [-0.1, -0.05) is 27.7 Å². The van der Waals surface area contributed by atoms with Gasteiger partial charge in [0, 0.05) is 59.4 Å². The summed E-state index contributed by atoms with van der Waals surface area (Å²) in [5.74, 6) is -0.802. The van der Waals surface area contributed by atoms with Gasteiger partial charge in [-0.2, -0.15) is 0 Å². The molecule has 0 radical (unpaired) electrons. The van der Waals surface area contributed by atoms with E-state index >= 15 is 0 Å². The van der Waals surface area contributed by atoms with E-state index in [1.165, 1.54) is 6.20 Å². The Labute approximate surface area is 224 Å². The van der Waals surface area contributed by atoms with Crippen LogP contribution < -0.4 is 5.32 Å². The van der Waals surface area contributed by atoms with Crippen molar-refractivity contribution in [1.82, 2.24) is 10.3 Å². The molecule has 11 atom stereocenters. The van der Waals surface area contributed by atoms with Gasteiger partial charge in [-0.25, -0.2) is 4.79 Å². The molecule has 2 aliphatic heterocycles. The molecule has 8 nitrogen and oxygen atoms in total. The first-order valence-electron chi connectivity index (χ1n) is 14.2. The summed E-state index contributed by atoms with van der Waals surface area (Å²) in [7, 11) is 0. The SMILES string of the molecule is CC1NC(=O)C2CC(O)C3CC4(C)C(C)CCC5C(C)(C)C(=O)C(OC(=O)c6cccnc6)CC54OC3C12. The molecule has 2 N–H and O–H groups in total. The van der Waals surface area contributed by atoms with Gasteiger partial charge in [-0.15, -0.1) is 0 Å². The van der Waals surface area contributed by atoms with Crippen LogP contribution in [-0.2, 0) is 19.1 Å². The van der Waals surface area contributed by atoms with Crippen molar-refractivity contribution >= 4 is 17.7 Å². The molecule has 38 heavy (non-hydrogen) atoms. The Kier molecular flexibility index (Phi) is 5.86. The summed E-state index contributed by atoms with van der Waals surface area (Å²) in [6.07, 6.45) is 4.50. The topological polar surface area (TPSA) is 115 Å². The number of fused-ring (bicyclic) bond motifs is 3. The van der Waals surface area contributed by atoms with Gasteiger partial charge in [0.1, 0.15) is 0 Å². The van der Waals surface area contributed by atoms with Crippen molar-refractivity contribution in [2.45, 2.75) is 96.7 Å². The highest BCUT2D eigenvalue weighted by atomic mass is 16.6. The third-order valence-electron chi connectivity index (χ3n) is 11.5. The van der Waals surface area contributed by atoms with Crippen LogP contribution >= 0.6 is 0 Å². The minimum Gasteiger partial charge on any atom is -0.451 e. The van der Waals surface area contributed by atoms with Gasteiger partial charge >= 0.3 is 5.97 Å². The number of esters is 1. The number of aromatic nitrogens is 1. The quantitative estimate of drug-likeness (QED) is 0.571. The van der Waals surface area contributed by atoms with E-state index in [2.05, 4.69) is 24.1 Å². The van der Waals surface area contributed by atoms with E-state index in [1.54, 1.807) is 18.3 Å². The molecular weight excluding hydrogens is 484 g/mol. The highest BCUT2D eigenvalue weighted by Crippen LogP contribution is 2.68. The zero-order chi connectivity index (χ0) is 27.2. The number of ether oxygens (including phenoxy) is 2. The maximum atomic E-state index is 13.9. The van der Waals surface area contributed by atoms with Gasteiger partial charge in [0.25, 0.3) is 0 Å². The van der Waals surface area contributed by atoms with Gasteiger partial charge in [-0.3, -0.25) is 14.6 Å². The standard InChI is InChI=1S/C30H40N2O6/c1-15-8-9-22-28(3,4)25(34)21(37-27(36)17-7-6-10-31-14-17)13-30(22)29(15,5)12-19-20(33)11-18-23(24(19)38-30)16(2)32-26(18)35/h6-7,10,14-16,18-24,33H,8-9,11-13H2,1-5H3,(H,32,35). The van der Waals surface area contributed by atoms with Crippen LogP contribution in [0.5, 0.6) is 0 Å². The zero-order valence-electron chi connectivity index (χ0n) is 23.0. The summed E-state index contributed by atoms with van der Waals surface area (Å²) in [6, 6.07) is 3.26. The number of aliphatic hydroxyl groups is 1. The lowest BCUT2D eigenvalue weighted by atomic mass is 9.42. The smallest absolute Gasteiger partial charge is 0.340 e. The van der Waals surface area contributed by atoms with E-state index in [4.69, 9.17) is 9.47 Å². The Morgan fingerprint density at radius 3 is 2.66 bits per heavy atom. The van der Waals surface area contributed by atoms with E-state index in [0.29, 0.717) is 24.3 Å². The molecule has 0 bridgehead atoms. The summed E-state index contributed by atoms with van der Waals surface area (Å²) in [4.78, 5) is 43.8. The third kappa shape index (κ3) is 3.41. The highest BCUT2D eigenvalue weighted by Gasteiger charge is 2.72. The largest absolute Gasteiger partial charge is 0.451 e. The van der Waals surface area contributed by atoms with E-state index in [0.717, 1.165) is 19.3 Å². The van der Waals surface area contributed by atoms with Crippen molar-refractivity contribution in [3.8, 4) is 0 Å². The molecule has 6 rings (SSSR count). The first-order chi connectivity index (χ1) is 17.9. The van der Waals surface area contributed by atoms with E-state index in [-0.39, 0.29) is 52.9 Å². The highest BCUT2D eigenvalue weighted by molar-refractivity contribution is 5.95. The molecule has 5 aliphatic rings. The molecule has 3 aliphatic carbocycles. The zero-order valence-corrected chi connectivity index (χ0v) is 23.0. The van der Waals surface area contributed by atoms with Crippen molar-refractivity contribution in [2.75, 3.05) is 0 Å². The Hall–Kier alpha value is -2.32. The predicted molar refractivity (Wildman–Crippen MR) is 138 cm³/mol. The van der Waals surface area contributed by atoms with Crippen LogP contribution in [0, 0.1) is 40.4 Å². The Balaban J connectivity index is 1.42. The van der Waals surface area contributed by atoms with Crippen molar-refractivity contribution < 1.29 is 29.0 Å². The van der Waals surface area contributed by atoms with Crippen molar-refractivity contribution in [3.63, 3.8) is 0 Å². The minimum absolute atomic E-state index is 0.00886. The molecule has 8 heteroatoms. The number of amides is 1. The first kappa shape index (κ1) is 25.9. The Bertz CT molecular complexity index is 1150.